The fourth-order valence-corrected chi connectivity index (χ4v) is 2.18. The third kappa shape index (κ3) is 4.62. The van der Waals surface area contributed by atoms with E-state index >= 15 is 0 Å². The Hall–Kier alpha value is -1.24. The van der Waals surface area contributed by atoms with E-state index < -0.39 is 17.2 Å². The predicted octanol–water partition coefficient (Wildman–Crippen LogP) is 1.55. The van der Waals surface area contributed by atoms with Crippen molar-refractivity contribution in [1.29, 1.82) is 0 Å². The van der Waals surface area contributed by atoms with Gasteiger partial charge in [0.2, 0.25) is 5.91 Å². The number of amides is 1. The van der Waals surface area contributed by atoms with Gasteiger partial charge in [-0.05, 0) is 43.0 Å². The second-order valence-electron chi connectivity index (χ2n) is 5.01. The molecule has 7 heteroatoms. The molecule has 1 saturated heterocycles. The zero-order valence-electron chi connectivity index (χ0n) is 11.5. The molecule has 1 aliphatic heterocycles. The van der Waals surface area contributed by atoms with Crippen molar-refractivity contribution in [3.05, 3.63) is 35.4 Å². The molecule has 21 heavy (non-hydrogen) atoms. The fraction of sp³-hybridized carbons (Fsp3) is 0.500. The van der Waals surface area contributed by atoms with Gasteiger partial charge >= 0.3 is 0 Å². The molecular formula is C14H19ClF2N2O2. The first-order valence-electron chi connectivity index (χ1n) is 6.60. The van der Waals surface area contributed by atoms with E-state index in [1.165, 1.54) is 0 Å². The Balaban J connectivity index is 0.00000220. The van der Waals surface area contributed by atoms with Crippen molar-refractivity contribution in [3.8, 4) is 0 Å². The SMILES string of the molecule is Cl.NC1(C(=O)NCCc2cc(F)ccc2F)CCOCC1. The minimum absolute atomic E-state index is 0. The first-order valence-corrected chi connectivity index (χ1v) is 6.60. The Labute approximate surface area is 128 Å². The van der Waals surface area contributed by atoms with Gasteiger partial charge in [0.25, 0.3) is 0 Å². The van der Waals surface area contributed by atoms with E-state index in [0.29, 0.717) is 26.1 Å². The monoisotopic (exact) mass is 320 g/mol. The van der Waals surface area contributed by atoms with Gasteiger partial charge in [0.15, 0.2) is 0 Å². The van der Waals surface area contributed by atoms with Crippen LogP contribution in [0.15, 0.2) is 18.2 Å². The number of nitrogens with two attached hydrogens (primary N) is 1. The lowest BCUT2D eigenvalue weighted by Gasteiger charge is -2.31. The number of hydrogen-bond donors (Lipinski definition) is 2. The summed E-state index contributed by atoms with van der Waals surface area (Å²) < 4.78 is 31.6. The van der Waals surface area contributed by atoms with Crippen LogP contribution in [-0.4, -0.2) is 31.2 Å². The second kappa shape index (κ2) is 7.68. The maximum Gasteiger partial charge on any atom is 0.240 e. The van der Waals surface area contributed by atoms with Crippen LogP contribution in [0.25, 0.3) is 0 Å². The topological polar surface area (TPSA) is 64.4 Å². The largest absolute Gasteiger partial charge is 0.381 e. The molecule has 0 aliphatic carbocycles. The molecule has 1 aromatic carbocycles. The average Bonchev–Trinajstić information content (AvgIpc) is 2.43. The maximum absolute atomic E-state index is 13.4. The van der Waals surface area contributed by atoms with Crippen LogP contribution in [0.2, 0.25) is 0 Å². The van der Waals surface area contributed by atoms with E-state index in [-0.39, 0.29) is 36.8 Å². The summed E-state index contributed by atoms with van der Waals surface area (Å²) in [6, 6.07) is 3.28. The Bertz CT molecular complexity index is 494. The molecule has 1 aromatic rings. The standard InChI is InChI=1S/C14H18F2N2O2.ClH/c15-11-1-2-12(16)10(9-11)3-6-18-13(19)14(17)4-7-20-8-5-14;/h1-2,9H,3-8,17H2,(H,18,19);1H. The number of carbonyl (C=O) groups is 1. The molecule has 0 bridgehead atoms. The van der Waals surface area contributed by atoms with Crippen molar-refractivity contribution in [2.45, 2.75) is 24.8 Å². The van der Waals surface area contributed by atoms with E-state index in [0.717, 1.165) is 18.2 Å². The zero-order chi connectivity index (χ0) is 14.6. The highest BCUT2D eigenvalue weighted by Gasteiger charge is 2.35. The Morgan fingerprint density at radius 2 is 2.00 bits per heavy atom. The van der Waals surface area contributed by atoms with Crippen molar-refractivity contribution in [2.75, 3.05) is 19.8 Å². The Morgan fingerprint density at radius 1 is 1.33 bits per heavy atom. The number of halogens is 3. The number of ether oxygens (including phenoxy) is 1. The van der Waals surface area contributed by atoms with Gasteiger partial charge < -0.3 is 15.8 Å². The normalized spacial score (nSPS) is 16.9. The van der Waals surface area contributed by atoms with Crippen LogP contribution in [-0.2, 0) is 16.0 Å². The van der Waals surface area contributed by atoms with Gasteiger partial charge in [-0.3, -0.25) is 4.79 Å². The van der Waals surface area contributed by atoms with Gasteiger partial charge in [-0.25, -0.2) is 8.78 Å². The minimum Gasteiger partial charge on any atom is -0.381 e. The van der Waals surface area contributed by atoms with Crippen molar-refractivity contribution >= 4 is 18.3 Å². The fourth-order valence-electron chi connectivity index (χ4n) is 2.18. The molecule has 1 amide bonds. The van der Waals surface area contributed by atoms with E-state index in [2.05, 4.69) is 5.32 Å². The van der Waals surface area contributed by atoms with Crippen molar-refractivity contribution < 1.29 is 18.3 Å². The smallest absolute Gasteiger partial charge is 0.240 e. The zero-order valence-corrected chi connectivity index (χ0v) is 12.3. The summed E-state index contributed by atoms with van der Waals surface area (Å²) in [4.78, 5) is 12.0. The molecule has 0 spiro atoms. The predicted molar refractivity (Wildman–Crippen MR) is 77.3 cm³/mol. The second-order valence-corrected chi connectivity index (χ2v) is 5.01. The van der Waals surface area contributed by atoms with E-state index in [1.54, 1.807) is 0 Å². The molecular weight excluding hydrogens is 302 g/mol. The molecule has 0 unspecified atom stereocenters. The Kier molecular flexibility index (Phi) is 6.51. The summed E-state index contributed by atoms with van der Waals surface area (Å²) in [6.07, 6.45) is 1.15. The van der Waals surface area contributed by atoms with Crippen LogP contribution in [0.3, 0.4) is 0 Å². The van der Waals surface area contributed by atoms with Crippen LogP contribution in [0.4, 0.5) is 8.78 Å². The molecule has 4 nitrogen and oxygen atoms in total. The highest BCUT2D eigenvalue weighted by atomic mass is 35.5. The lowest BCUT2D eigenvalue weighted by Crippen LogP contribution is -2.57. The van der Waals surface area contributed by atoms with Gasteiger partial charge in [0.1, 0.15) is 11.6 Å². The lowest BCUT2D eigenvalue weighted by molar-refractivity contribution is -0.129. The molecule has 0 radical (unpaired) electrons. The summed E-state index contributed by atoms with van der Waals surface area (Å²) in [6.45, 7) is 1.14. The van der Waals surface area contributed by atoms with E-state index in [1.807, 2.05) is 0 Å². The van der Waals surface area contributed by atoms with Gasteiger partial charge in [0, 0.05) is 19.8 Å². The number of carbonyl (C=O) groups excluding carboxylic acids is 1. The summed E-state index contributed by atoms with van der Waals surface area (Å²) >= 11 is 0. The van der Waals surface area contributed by atoms with Gasteiger partial charge in [-0.1, -0.05) is 0 Å². The average molecular weight is 321 g/mol. The number of benzene rings is 1. The van der Waals surface area contributed by atoms with Crippen LogP contribution in [0.1, 0.15) is 18.4 Å². The maximum atomic E-state index is 13.4. The van der Waals surface area contributed by atoms with E-state index in [9.17, 15) is 13.6 Å². The number of hydrogen-bond acceptors (Lipinski definition) is 3. The molecule has 0 aromatic heterocycles. The Morgan fingerprint density at radius 3 is 2.67 bits per heavy atom. The van der Waals surface area contributed by atoms with Crippen LogP contribution in [0.5, 0.6) is 0 Å². The molecule has 0 saturated carbocycles. The molecule has 1 aliphatic rings. The molecule has 3 N–H and O–H groups in total. The van der Waals surface area contributed by atoms with Crippen molar-refractivity contribution in [2.24, 2.45) is 5.73 Å². The quantitative estimate of drug-likeness (QED) is 0.885. The summed E-state index contributed by atoms with van der Waals surface area (Å²) in [5, 5.41) is 2.68. The van der Waals surface area contributed by atoms with E-state index in [4.69, 9.17) is 10.5 Å². The van der Waals surface area contributed by atoms with Gasteiger partial charge in [-0.15, -0.1) is 12.4 Å². The number of nitrogens with one attached hydrogen (secondary N) is 1. The highest BCUT2D eigenvalue weighted by Crippen LogP contribution is 2.17. The highest BCUT2D eigenvalue weighted by molar-refractivity contribution is 5.86. The van der Waals surface area contributed by atoms with Crippen LogP contribution in [0, 0.1) is 11.6 Å². The van der Waals surface area contributed by atoms with Crippen LogP contribution < -0.4 is 11.1 Å². The molecule has 1 heterocycles. The molecule has 2 rings (SSSR count). The minimum atomic E-state index is -0.918. The molecule has 118 valence electrons. The van der Waals surface area contributed by atoms with Crippen molar-refractivity contribution in [3.63, 3.8) is 0 Å². The summed E-state index contributed by atoms with van der Waals surface area (Å²) in [5.41, 5.74) is 5.33. The molecule has 1 fully saturated rings. The first-order chi connectivity index (χ1) is 9.51. The van der Waals surface area contributed by atoms with Crippen LogP contribution >= 0.6 is 12.4 Å². The lowest BCUT2D eigenvalue weighted by atomic mass is 9.90. The van der Waals surface area contributed by atoms with Crippen molar-refractivity contribution in [1.82, 2.24) is 5.32 Å². The first kappa shape index (κ1) is 17.8. The number of rotatable bonds is 4. The summed E-state index contributed by atoms with van der Waals surface area (Å²) in [5.74, 6) is -1.24. The third-order valence-corrected chi connectivity index (χ3v) is 3.52. The third-order valence-electron chi connectivity index (χ3n) is 3.52. The van der Waals surface area contributed by atoms with Gasteiger partial charge in [-0.2, -0.15) is 0 Å². The van der Waals surface area contributed by atoms with Gasteiger partial charge in [0.05, 0.1) is 5.54 Å². The summed E-state index contributed by atoms with van der Waals surface area (Å²) in [7, 11) is 0. The molecule has 0 atom stereocenters.